The third-order valence-corrected chi connectivity index (χ3v) is 4.17. The molecule has 0 aliphatic carbocycles. The molecule has 2 aliphatic heterocycles. The van der Waals surface area contributed by atoms with Gasteiger partial charge in [0.15, 0.2) is 11.5 Å². The van der Waals surface area contributed by atoms with Crippen molar-refractivity contribution in [3.63, 3.8) is 0 Å². The molecule has 2 atom stereocenters. The summed E-state index contributed by atoms with van der Waals surface area (Å²) < 4.78 is 5.10. The lowest BCUT2D eigenvalue weighted by Crippen LogP contribution is -2.38. The molecule has 3 heterocycles. The van der Waals surface area contributed by atoms with Crippen LogP contribution in [0.15, 0.2) is 12.4 Å². The van der Waals surface area contributed by atoms with Crippen molar-refractivity contribution in [1.29, 1.82) is 0 Å². The van der Waals surface area contributed by atoms with E-state index in [1.807, 2.05) is 0 Å². The van der Waals surface area contributed by atoms with Crippen molar-refractivity contribution >= 4 is 5.78 Å². The van der Waals surface area contributed by atoms with Crippen LogP contribution in [0.5, 0.6) is 5.88 Å². The molecule has 2 bridgehead atoms. The molecule has 2 fully saturated rings. The number of nitrogens with zero attached hydrogens (tertiary/aromatic N) is 2. The predicted octanol–water partition coefficient (Wildman–Crippen LogP) is 1.59. The Morgan fingerprint density at radius 1 is 1.32 bits per heavy atom. The first-order valence-electron chi connectivity index (χ1n) is 6.90. The van der Waals surface area contributed by atoms with Crippen LogP contribution < -0.4 is 10.1 Å². The molecular formula is C14H19N3O2. The van der Waals surface area contributed by atoms with Crippen molar-refractivity contribution in [3.8, 4) is 5.88 Å². The molecule has 2 aliphatic rings. The van der Waals surface area contributed by atoms with E-state index in [0.717, 1.165) is 12.8 Å². The Labute approximate surface area is 112 Å². The Morgan fingerprint density at radius 3 is 2.68 bits per heavy atom. The van der Waals surface area contributed by atoms with E-state index in [-0.39, 0.29) is 5.78 Å². The van der Waals surface area contributed by atoms with Crippen molar-refractivity contribution in [1.82, 2.24) is 15.3 Å². The fourth-order valence-electron chi connectivity index (χ4n) is 3.37. The number of fused-ring (bicyclic) bond motifs is 2. The summed E-state index contributed by atoms with van der Waals surface area (Å²) >= 11 is 0. The number of Topliss-reactive ketones (excluding diaryl/α,β-unsaturated/α-hetero) is 1. The zero-order valence-electron chi connectivity index (χ0n) is 11.1. The fourth-order valence-corrected chi connectivity index (χ4v) is 3.37. The Kier molecular flexibility index (Phi) is 3.46. The molecule has 0 amide bonds. The van der Waals surface area contributed by atoms with Gasteiger partial charge in [-0.05, 0) is 31.6 Å². The second kappa shape index (κ2) is 5.25. The summed E-state index contributed by atoms with van der Waals surface area (Å²) in [7, 11) is 1.52. The van der Waals surface area contributed by atoms with Crippen molar-refractivity contribution in [2.75, 3.05) is 7.11 Å². The van der Waals surface area contributed by atoms with Crippen molar-refractivity contribution in [3.05, 3.63) is 18.1 Å². The first-order valence-corrected chi connectivity index (χ1v) is 6.90. The summed E-state index contributed by atoms with van der Waals surface area (Å²) in [6.45, 7) is 0. The van der Waals surface area contributed by atoms with E-state index >= 15 is 0 Å². The first kappa shape index (κ1) is 12.5. The quantitative estimate of drug-likeness (QED) is 0.834. The smallest absolute Gasteiger partial charge is 0.243 e. The number of carbonyl (C=O) groups is 1. The molecule has 2 saturated heterocycles. The number of nitrogens with one attached hydrogen (secondary N) is 1. The van der Waals surface area contributed by atoms with Gasteiger partial charge in [0.05, 0.1) is 7.11 Å². The van der Waals surface area contributed by atoms with Gasteiger partial charge in [-0.3, -0.25) is 4.79 Å². The summed E-state index contributed by atoms with van der Waals surface area (Å²) in [4.78, 5) is 20.5. The minimum absolute atomic E-state index is 0.0521. The fraction of sp³-hybridized carbons (Fsp3) is 0.643. The molecule has 5 heteroatoms. The predicted molar refractivity (Wildman–Crippen MR) is 70.2 cm³/mol. The molecule has 0 saturated carbocycles. The van der Waals surface area contributed by atoms with Crippen LogP contribution in [0.2, 0.25) is 0 Å². The van der Waals surface area contributed by atoms with Gasteiger partial charge in [0.1, 0.15) is 0 Å². The van der Waals surface area contributed by atoms with Gasteiger partial charge in [-0.25, -0.2) is 9.97 Å². The molecule has 0 aromatic carbocycles. The highest BCUT2D eigenvalue weighted by Crippen LogP contribution is 2.33. The molecule has 5 nitrogen and oxygen atoms in total. The van der Waals surface area contributed by atoms with Crippen LogP contribution in [0.25, 0.3) is 0 Å². The normalized spacial score (nSPS) is 29.2. The summed E-state index contributed by atoms with van der Waals surface area (Å²) in [5.74, 6) is 0.860. The van der Waals surface area contributed by atoms with Crippen LogP contribution in [0.4, 0.5) is 0 Å². The van der Waals surface area contributed by atoms with Gasteiger partial charge in [0.25, 0.3) is 0 Å². The van der Waals surface area contributed by atoms with E-state index in [2.05, 4.69) is 15.3 Å². The van der Waals surface area contributed by atoms with E-state index < -0.39 is 0 Å². The average molecular weight is 261 g/mol. The third-order valence-electron chi connectivity index (χ3n) is 4.17. The summed E-state index contributed by atoms with van der Waals surface area (Å²) in [6, 6.07) is 1.22. The molecule has 1 aromatic rings. The maximum atomic E-state index is 12.3. The molecule has 0 spiro atoms. The van der Waals surface area contributed by atoms with E-state index in [4.69, 9.17) is 4.74 Å². The zero-order valence-corrected chi connectivity index (χ0v) is 11.1. The van der Waals surface area contributed by atoms with E-state index in [0.29, 0.717) is 36.0 Å². The van der Waals surface area contributed by atoms with Crippen LogP contribution in [-0.2, 0) is 0 Å². The second-order valence-corrected chi connectivity index (χ2v) is 5.52. The Bertz CT molecular complexity index is 466. The van der Waals surface area contributed by atoms with Gasteiger partial charge < -0.3 is 10.1 Å². The maximum absolute atomic E-state index is 12.3. The van der Waals surface area contributed by atoms with Gasteiger partial charge in [0, 0.05) is 30.9 Å². The highest BCUT2D eigenvalue weighted by molar-refractivity contribution is 5.96. The van der Waals surface area contributed by atoms with Crippen LogP contribution >= 0.6 is 0 Å². The maximum Gasteiger partial charge on any atom is 0.243 e. The third kappa shape index (κ3) is 2.61. The Morgan fingerprint density at radius 2 is 2.00 bits per heavy atom. The van der Waals surface area contributed by atoms with Crippen molar-refractivity contribution in [2.45, 2.75) is 44.2 Å². The summed E-state index contributed by atoms with van der Waals surface area (Å²) in [6.07, 6.45) is 8.36. The average Bonchev–Trinajstić information content (AvgIpc) is 2.78. The van der Waals surface area contributed by atoms with Gasteiger partial charge in [-0.1, -0.05) is 0 Å². The largest absolute Gasteiger partial charge is 0.479 e. The number of rotatable bonds is 4. The number of ether oxygens (including phenoxy) is 1. The SMILES string of the molecule is COc1nccnc1C(=O)CC1CC2CCC(C1)N2. The minimum Gasteiger partial charge on any atom is -0.479 e. The Balaban J connectivity index is 1.68. The van der Waals surface area contributed by atoms with Gasteiger partial charge in [0.2, 0.25) is 5.88 Å². The highest BCUT2D eigenvalue weighted by Gasteiger charge is 2.34. The molecule has 102 valence electrons. The summed E-state index contributed by atoms with van der Waals surface area (Å²) in [5.41, 5.74) is 0.371. The molecule has 1 aromatic heterocycles. The second-order valence-electron chi connectivity index (χ2n) is 5.52. The number of hydrogen-bond donors (Lipinski definition) is 1. The zero-order chi connectivity index (χ0) is 13.2. The standard InChI is InChI=1S/C14H19N3O2/c1-19-14-13(15-4-5-16-14)12(18)8-9-6-10-2-3-11(7-9)17-10/h4-5,9-11,17H,2-3,6-8H2,1H3. The van der Waals surface area contributed by atoms with Gasteiger partial charge in [-0.2, -0.15) is 0 Å². The van der Waals surface area contributed by atoms with Crippen LogP contribution in [0.1, 0.15) is 42.6 Å². The number of piperidine rings is 1. The first-order chi connectivity index (χ1) is 9.26. The van der Waals surface area contributed by atoms with E-state index in [1.165, 1.54) is 20.0 Å². The van der Waals surface area contributed by atoms with E-state index in [9.17, 15) is 4.79 Å². The topological polar surface area (TPSA) is 64.1 Å². The van der Waals surface area contributed by atoms with Crippen molar-refractivity contribution < 1.29 is 9.53 Å². The molecule has 2 unspecified atom stereocenters. The molecule has 19 heavy (non-hydrogen) atoms. The minimum atomic E-state index is 0.0521. The van der Waals surface area contributed by atoms with Crippen molar-refractivity contribution in [2.24, 2.45) is 5.92 Å². The number of carbonyl (C=O) groups excluding carboxylic acids is 1. The van der Waals surface area contributed by atoms with Gasteiger partial charge >= 0.3 is 0 Å². The molecule has 3 rings (SSSR count). The number of ketones is 1. The lowest BCUT2D eigenvalue weighted by molar-refractivity contribution is 0.0936. The molecule has 1 N–H and O–H groups in total. The van der Waals surface area contributed by atoms with Crippen LogP contribution in [0.3, 0.4) is 0 Å². The lowest BCUT2D eigenvalue weighted by atomic mass is 9.87. The highest BCUT2D eigenvalue weighted by atomic mass is 16.5. The lowest BCUT2D eigenvalue weighted by Gasteiger charge is -2.28. The Hall–Kier alpha value is -1.49. The summed E-state index contributed by atoms with van der Waals surface area (Å²) in [5, 5.41) is 3.59. The number of methoxy groups -OCH3 is 1. The monoisotopic (exact) mass is 261 g/mol. The molecular weight excluding hydrogens is 242 g/mol. The number of aromatic nitrogens is 2. The van der Waals surface area contributed by atoms with Gasteiger partial charge in [-0.15, -0.1) is 0 Å². The van der Waals surface area contributed by atoms with Crippen LogP contribution in [-0.4, -0.2) is 34.9 Å². The van der Waals surface area contributed by atoms with E-state index in [1.54, 1.807) is 12.4 Å². The number of hydrogen-bond acceptors (Lipinski definition) is 5. The molecule has 0 radical (unpaired) electrons. The van der Waals surface area contributed by atoms with Crippen LogP contribution in [0, 0.1) is 5.92 Å².